The topological polar surface area (TPSA) is 88.4 Å². The van der Waals surface area contributed by atoms with E-state index in [9.17, 15) is 4.79 Å². The lowest BCUT2D eigenvalue weighted by molar-refractivity contribution is -0.117. The third-order valence-corrected chi connectivity index (χ3v) is 4.72. The van der Waals surface area contributed by atoms with Crippen molar-refractivity contribution in [2.45, 2.75) is 26.3 Å². The van der Waals surface area contributed by atoms with Crippen LogP contribution in [0.3, 0.4) is 0 Å². The third-order valence-electron chi connectivity index (χ3n) is 4.72. The van der Waals surface area contributed by atoms with Gasteiger partial charge in [0.2, 0.25) is 5.91 Å². The molecule has 3 heterocycles. The van der Waals surface area contributed by atoms with E-state index in [1.807, 2.05) is 43.3 Å². The molecule has 7 heteroatoms. The maximum Gasteiger partial charge on any atom is 0.233 e. The minimum atomic E-state index is 0.0594. The standard InChI is InChI=1S/C22H22N4O3/c1-15-6-7-18-11-20(28)26(22(18)25-15)14-16-4-2-5-17(10-16)21-23-12-19(13-24-21)29-9-3-8-27/h2,4-7,10,12-13,27H,3,8-9,11,14H2,1H3. The number of fused-ring (bicyclic) bond motifs is 1. The summed E-state index contributed by atoms with van der Waals surface area (Å²) >= 11 is 0. The van der Waals surface area contributed by atoms with E-state index in [4.69, 9.17) is 9.84 Å². The van der Waals surface area contributed by atoms with Gasteiger partial charge in [-0.1, -0.05) is 24.3 Å². The van der Waals surface area contributed by atoms with Gasteiger partial charge in [-0.25, -0.2) is 15.0 Å². The molecule has 0 radical (unpaired) electrons. The zero-order valence-corrected chi connectivity index (χ0v) is 16.2. The molecule has 0 saturated heterocycles. The molecule has 1 aromatic carbocycles. The number of pyridine rings is 1. The number of hydrogen-bond acceptors (Lipinski definition) is 6. The molecule has 0 fully saturated rings. The lowest BCUT2D eigenvalue weighted by Gasteiger charge is -2.17. The van der Waals surface area contributed by atoms with Crippen molar-refractivity contribution in [1.29, 1.82) is 0 Å². The molecule has 1 aliphatic heterocycles. The molecule has 148 valence electrons. The Bertz CT molecular complexity index is 1020. The maximum absolute atomic E-state index is 12.5. The zero-order valence-electron chi connectivity index (χ0n) is 16.2. The minimum absolute atomic E-state index is 0.0594. The quantitative estimate of drug-likeness (QED) is 0.624. The van der Waals surface area contributed by atoms with Crippen LogP contribution in [0.4, 0.5) is 5.82 Å². The molecule has 0 spiro atoms. The fourth-order valence-electron chi connectivity index (χ4n) is 3.27. The van der Waals surface area contributed by atoms with Crippen LogP contribution in [0.15, 0.2) is 48.8 Å². The highest BCUT2D eigenvalue weighted by Gasteiger charge is 2.28. The van der Waals surface area contributed by atoms with E-state index in [1.54, 1.807) is 17.3 Å². The number of aromatic nitrogens is 3. The fraction of sp³-hybridized carbons (Fsp3) is 0.273. The van der Waals surface area contributed by atoms with Crippen LogP contribution in [0.25, 0.3) is 11.4 Å². The Balaban J connectivity index is 1.51. The van der Waals surface area contributed by atoms with E-state index in [0.717, 1.165) is 28.2 Å². The number of carbonyl (C=O) groups excluding carboxylic acids is 1. The van der Waals surface area contributed by atoms with Gasteiger partial charge in [0, 0.05) is 29.8 Å². The number of aliphatic hydroxyl groups excluding tert-OH is 1. The lowest BCUT2D eigenvalue weighted by Crippen LogP contribution is -2.26. The summed E-state index contributed by atoms with van der Waals surface area (Å²) in [6.07, 6.45) is 4.21. The summed E-state index contributed by atoms with van der Waals surface area (Å²) in [6, 6.07) is 11.8. The highest BCUT2D eigenvalue weighted by Crippen LogP contribution is 2.29. The van der Waals surface area contributed by atoms with Crippen molar-refractivity contribution in [1.82, 2.24) is 15.0 Å². The predicted octanol–water partition coefficient (Wildman–Crippen LogP) is 2.70. The van der Waals surface area contributed by atoms with Gasteiger partial charge in [-0.15, -0.1) is 0 Å². The smallest absolute Gasteiger partial charge is 0.233 e. The first kappa shape index (κ1) is 19.0. The van der Waals surface area contributed by atoms with Gasteiger partial charge in [0.1, 0.15) is 5.82 Å². The zero-order chi connectivity index (χ0) is 20.2. The summed E-state index contributed by atoms with van der Waals surface area (Å²) in [5.41, 5.74) is 3.72. The first-order valence-electron chi connectivity index (χ1n) is 9.56. The van der Waals surface area contributed by atoms with Crippen molar-refractivity contribution < 1.29 is 14.6 Å². The number of amides is 1. The van der Waals surface area contributed by atoms with E-state index in [-0.39, 0.29) is 12.5 Å². The normalized spacial score (nSPS) is 12.9. The van der Waals surface area contributed by atoms with Crippen molar-refractivity contribution in [3.05, 3.63) is 65.6 Å². The second-order valence-corrected chi connectivity index (χ2v) is 6.96. The number of anilines is 1. The second-order valence-electron chi connectivity index (χ2n) is 6.96. The molecule has 0 atom stereocenters. The molecule has 3 aromatic rings. The molecule has 4 rings (SSSR count). The van der Waals surface area contributed by atoms with Crippen molar-refractivity contribution in [3.8, 4) is 17.1 Å². The molecule has 7 nitrogen and oxygen atoms in total. The molecule has 0 bridgehead atoms. The summed E-state index contributed by atoms with van der Waals surface area (Å²) in [4.78, 5) is 27.5. The van der Waals surface area contributed by atoms with Crippen LogP contribution in [0, 0.1) is 6.92 Å². The van der Waals surface area contributed by atoms with Crippen LogP contribution in [-0.2, 0) is 17.8 Å². The lowest BCUT2D eigenvalue weighted by atomic mass is 10.1. The summed E-state index contributed by atoms with van der Waals surface area (Å²) in [7, 11) is 0. The summed E-state index contributed by atoms with van der Waals surface area (Å²) in [5, 5.41) is 8.81. The predicted molar refractivity (Wildman–Crippen MR) is 109 cm³/mol. The van der Waals surface area contributed by atoms with E-state index < -0.39 is 0 Å². The Kier molecular flexibility index (Phi) is 5.48. The number of rotatable bonds is 7. The number of nitrogens with zero attached hydrogens (tertiary/aromatic N) is 4. The molecular formula is C22H22N4O3. The van der Waals surface area contributed by atoms with Crippen LogP contribution in [0.1, 0.15) is 23.2 Å². The second kappa shape index (κ2) is 8.36. The highest BCUT2D eigenvalue weighted by molar-refractivity contribution is 6.00. The molecule has 29 heavy (non-hydrogen) atoms. The largest absolute Gasteiger partial charge is 0.490 e. The van der Waals surface area contributed by atoms with Gasteiger partial charge in [0.15, 0.2) is 11.6 Å². The Morgan fingerprint density at radius 1 is 1.17 bits per heavy atom. The first-order valence-corrected chi connectivity index (χ1v) is 9.56. The molecule has 0 saturated carbocycles. The van der Waals surface area contributed by atoms with Crippen LogP contribution < -0.4 is 9.64 Å². The Labute approximate surface area is 169 Å². The van der Waals surface area contributed by atoms with Gasteiger partial charge in [0.25, 0.3) is 0 Å². The Morgan fingerprint density at radius 3 is 2.79 bits per heavy atom. The van der Waals surface area contributed by atoms with Gasteiger partial charge in [-0.05, 0) is 24.6 Å². The molecule has 2 aromatic heterocycles. The minimum Gasteiger partial charge on any atom is -0.490 e. The number of hydrogen-bond donors (Lipinski definition) is 1. The SMILES string of the molecule is Cc1ccc2c(n1)N(Cc1cccc(-c3ncc(OCCCO)cn3)c1)C(=O)C2. The van der Waals surface area contributed by atoms with Gasteiger partial charge in [-0.2, -0.15) is 0 Å². The Morgan fingerprint density at radius 2 is 2.00 bits per heavy atom. The van der Waals surface area contributed by atoms with Crippen LogP contribution >= 0.6 is 0 Å². The van der Waals surface area contributed by atoms with E-state index in [1.165, 1.54) is 0 Å². The number of benzene rings is 1. The monoisotopic (exact) mass is 390 g/mol. The van der Waals surface area contributed by atoms with Crippen molar-refractivity contribution in [3.63, 3.8) is 0 Å². The summed E-state index contributed by atoms with van der Waals surface area (Å²) < 4.78 is 5.47. The first-order chi connectivity index (χ1) is 14.1. The van der Waals surface area contributed by atoms with E-state index in [2.05, 4.69) is 15.0 Å². The summed E-state index contributed by atoms with van der Waals surface area (Å²) in [6.45, 7) is 2.90. The maximum atomic E-state index is 12.5. The average Bonchev–Trinajstić information content (AvgIpc) is 3.04. The molecule has 0 unspecified atom stereocenters. The average molecular weight is 390 g/mol. The van der Waals surface area contributed by atoms with Crippen molar-refractivity contribution >= 4 is 11.7 Å². The Hall–Kier alpha value is -3.32. The third kappa shape index (κ3) is 4.25. The van der Waals surface area contributed by atoms with Crippen LogP contribution in [-0.4, -0.2) is 39.2 Å². The molecule has 1 amide bonds. The fourth-order valence-corrected chi connectivity index (χ4v) is 3.27. The van der Waals surface area contributed by atoms with Gasteiger partial charge >= 0.3 is 0 Å². The van der Waals surface area contributed by atoms with Crippen molar-refractivity contribution in [2.75, 3.05) is 18.1 Å². The summed E-state index contributed by atoms with van der Waals surface area (Å²) in [5.74, 6) is 1.97. The van der Waals surface area contributed by atoms with Gasteiger partial charge < -0.3 is 9.84 Å². The molecule has 1 aliphatic rings. The molecular weight excluding hydrogens is 368 g/mol. The molecule has 0 aliphatic carbocycles. The number of carbonyl (C=O) groups is 1. The van der Waals surface area contributed by atoms with Crippen LogP contribution in [0.5, 0.6) is 5.75 Å². The van der Waals surface area contributed by atoms with Gasteiger partial charge in [-0.3, -0.25) is 9.69 Å². The number of aliphatic hydroxyl groups is 1. The van der Waals surface area contributed by atoms with E-state index >= 15 is 0 Å². The van der Waals surface area contributed by atoms with E-state index in [0.29, 0.717) is 37.6 Å². The highest BCUT2D eigenvalue weighted by atomic mass is 16.5. The number of aryl methyl sites for hydroxylation is 1. The van der Waals surface area contributed by atoms with Crippen molar-refractivity contribution in [2.24, 2.45) is 0 Å². The van der Waals surface area contributed by atoms with Crippen LogP contribution in [0.2, 0.25) is 0 Å². The van der Waals surface area contributed by atoms with Gasteiger partial charge in [0.05, 0.1) is 32.0 Å². The number of ether oxygens (including phenoxy) is 1. The molecule has 1 N–H and O–H groups in total.